The number of allylic oxidation sites excluding steroid dienone is 1. The van der Waals surface area contributed by atoms with Crippen molar-refractivity contribution in [2.24, 2.45) is 16.8 Å². The molecule has 0 radical (unpaired) electrons. The molecule has 0 spiro atoms. The Morgan fingerprint density at radius 3 is 2.17 bits per heavy atom. The molecule has 5 rings (SSSR count). The second kappa shape index (κ2) is 12.8. The maximum absolute atomic E-state index is 14.9. The highest BCUT2D eigenvalue weighted by Crippen LogP contribution is 2.42. The molecule has 254 valence electrons. The van der Waals surface area contributed by atoms with Crippen molar-refractivity contribution in [2.45, 2.75) is 63.3 Å². The summed E-state index contributed by atoms with van der Waals surface area (Å²) >= 11 is 6.07. The van der Waals surface area contributed by atoms with E-state index in [9.17, 15) is 45.1 Å². The van der Waals surface area contributed by atoms with Gasteiger partial charge in [0, 0.05) is 42.4 Å². The van der Waals surface area contributed by atoms with Gasteiger partial charge in [0.15, 0.2) is 11.6 Å². The predicted octanol–water partition coefficient (Wildman–Crippen LogP) is 5.63. The van der Waals surface area contributed by atoms with Crippen LogP contribution in [0.4, 0.5) is 22.0 Å². The molecule has 0 amide bonds. The molecule has 9 nitrogen and oxygen atoms in total. The molecular formula is C31H31ClF5N3O6S. The molecule has 0 aromatic heterocycles. The van der Waals surface area contributed by atoms with Crippen LogP contribution >= 0.6 is 11.6 Å². The predicted molar refractivity (Wildman–Crippen MR) is 160 cm³/mol. The van der Waals surface area contributed by atoms with Gasteiger partial charge in [0.1, 0.15) is 34.9 Å². The quantitative estimate of drug-likeness (QED) is 0.218. The Balaban J connectivity index is 1.44. The SMILES string of the molecule is CC(C)(C)OC(=O)C1CC(S(=O)(=O)N2CCC(C3=C(C(=O)O)C(c4ccc(F)c(F)c4Cl)N=C(c4c(F)cc(F)cc4F)N3)CC2)C1. The number of carboxylic acids is 1. The van der Waals surface area contributed by atoms with Crippen LogP contribution in [0.15, 0.2) is 40.5 Å². The molecule has 3 aliphatic rings. The number of hydrogen-bond acceptors (Lipinski definition) is 7. The van der Waals surface area contributed by atoms with E-state index < -0.39 is 102 Å². The molecule has 1 atom stereocenters. The van der Waals surface area contributed by atoms with Gasteiger partial charge in [0.05, 0.1) is 27.3 Å². The van der Waals surface area contributed by atoms with Gasteiger partial charge in [-0.3, -0.25) is 9.79 Å². The average Bonchev–Trinajstić information content (AvgIpc) is 2.93. The molecule has 16 heteroatoms. The van der Waals surface area contributed by atoms with Gasteiger partial charge in [-0.15, -0.1) is 0 Å². The third-order valence-electron chi connectivity index (χ3n) is 8.39. The van der Waals surface area contributed by atoms with Crippen molar-refractivity contribution in [1.29, 1.82) is 0 Å². The first-order chi connectivity index (χ1) is 21.9. The zero-order valence-corrected chi connectivity index (χ0v) is 27.0. The zero-order valence-electron chi connectivity index (χ0n) is 25.4. The summed E-state index contributed by atoms with van der Waals surface area (Å²) in [4.78, 5) is 29.2. The van der Waals surface area contributed by atoms with Gasteiger partial charge in [0.2, 0.25) is 10.0 Å². The number of esters is 1. The molecule has 2 fully saturated rings. The summed E-state index contributed by atoms with van der Waals surface area (Å²) in [6, 6.07) is 0.800. The smallest absolute Gasteiger partial charge is 0.335 e. The fraction of sp³-hybridized carbons (Fsp3) is 0.452. The highest BCUT2D eigenvalue weighted by Gasteiger charge is 2.47. The van der Waals surface area contributed by atoms with Crippen LogP contribution in [0.1, 0.15) is 63.6 Å². The zero-order chi connectivity index (χ0) is 34.6. The Labute approximate surface area is 272 Å². The second-order valence-corrected chi connectivity index (χ2v) is 15.3. The first-order valence-corrected chi connectivity index (χ1v) is 16.6. The molecule has 2 aliphatic heterocycles. The van der Waals surface area contributed by atoms with Crippen molar-refractivity contribution in [2.75, 3.05) is 13.1 Å². The van der Waals surface area contributed by atoms with Gasteiger partial charge in [-0.1, -0.05) is 17.7 Å². The number of halogens is 6. The van der Waals surface area contributed by atoms with Gasteiger partial charge in [-0.05, 0) is 52.5 Å². The number of nitrogens with one attached hydrogen (secondary N) is 1. The lowest BCUT2D eigenvalue weighted by Crippen LogP contribution is -2.50. The van der Waals surface area contributed by atoms with Crippen molar-refractivity contribution in [3.8, 4) is 0 Å². The van der Waals surface area contributed by atoms with Crippen LogP contribution in [0.3, 0.4) is 0 Å². The normalized spacial score (nSPS) is 22.7. The number of ether oxygens (including phenoxy) is 1. The molecule has 1 unspecified atom stereocenters. The Bertz CT molecular complexity index is 1780. The van der Waals surface area contributed by atoms with Gasteiger partial charge < -0.3 is 15.2 Å². The number of piperidine rings is 1. The summed E-state index contributed by atoms with van der Waals surface area (Å²) in [5, 5.41) is 11.4. The number of aliphatic carboxylic acids is 1. The van der Waals surface area contributed by atoms with Crippen LogP contribution < -0.4 is 5.32 Å². The standard InChI is InChI=1S/C31H31ClF5N3O6S/c1-31(2,3)46-30(43)15-10-17(11-15)47(44,45)40-8-6-14(7-9-40)26-23(29(41)42)27(18-4-5-19(34)25(37)24(18)32)39-28(38-26)22-20(35)12-16(33)13-21(22)36/h4-5,12-15,17,27H,6-11H2,1-3H3,(H,38,39)(H,41,42). The minimum Gasteiger partial charge on any atom is -0.478 e. The molecule has 2 N–H and O–H groups in total. The minimum atomic E-state index is -3.84. The Morgan fingerprint density at radius 2 is 1.62 bits per heavy atom. The van der Waals surface area contributed by atoms with E-state index in [4.69, 9.17) is 16.3 Å². The number of amidine groups is 1. The number of benzene rings is 2. The number of rotatable bonds is 7. The third-order valence-corrected chi connectivity index (χ3v) is 11.1. The van der Waals surface area contributed by atoms with E-state index in [1.165, 1.54) is 4.31 Å². The summed E-state index contributed by atoms with van der Waals surface area (Å²) in [5.41, 5.74) is -2.44. The van der Waals surface area contributed by atoms with Crippen molar-refractivity contribution in [3.05, 3.63) is 80.8 Å². The molecule has 0 bridgehead atoms. The van der Waals surface area contributed by atoms with Crippen LogP contribution in [0.2, 0.25) is 5.02 Å². The number of carboxylic acid groups (broad SMARTS) is 1. The molecular weight excluding hydrogens is 673 g/mol. The molecule has 2 aromatic rings. The third kappa shape index (κ3) is 6.88. The van der Waals surface area contributed by atoms with Gasteiger partial charge in [-0.2, -0.15) is 0 Å². The van der Waals surface area contributed by atoms with E-state index in [1.54, 1.807) is 20.8 Å². The van der Waals surface area contributed by atoms with Gasteiger partial charge in [0.25, 0.3) is 0 Å². The van der Waals surface area contributed by atoms with E-state index in [-0.39, 0.29) is 50.0 Å². The minimum absolute atomic E-state index is 0.0545. The van der Waals surface area contributed by atoms with Crippen molar-refractivity contribution in [3.63, 3.8) is 0 Å². The fourth-order valence-electron chi connectivity index (χ4n) is 5.99. The first kappa shape index (κ1) is 34.8. The summed E-state index contributed by atoms with van der Waals surface area (Å²) in [6.07, 6.45) is 0.303. The van der Waals surface area contributed by atoms with Gasteiger partial charge >= 0.3 is 11.9 Å². The topological polar surface area (TPSA) is 125 Å². The lowest BCUT2D eigenvalue weighted by molar-refractivity contribution is -0.162. The lowest BCUT2D eigenvalue weighted by Gasteiger charge is -2.40. The number of aliphatic imine (C=N–C) groups is 1. The van der Waals surface area contributed by atoms with Crippen molar-refractivity contribution < 1.29 is 49.8 Å². The van der Waals surface area contributed by atoms with Crippen LogP contribution in [-0.2, 0) is 24.3 Å². The van der Waals surface area contributed by atoms with E-state index in [0.29, 0.717) is 18.2 Å². The van der Waals surface area contributed by atoms with E-state index in [1.807, 2.05) is 0 Å². The summed E-state index contributed by atoms with van der Waals surface area (Å²) < 4.78 is 105. The van der Waals surface area contributed by atoms with Crippen LogP contribution in [0.5, 0.6) is 0 Å². The number of carbonyl (C=O) groups excluding carboxylic acids is 1. The molecule has 1 saturated heterocycles. The number of nitrogens with zero attached hydrogens (tertiary/aromatic N) is 2. The Hall–Kier alpha value is -3.56. The van der Waals surface area contributed by atoms with Crippen LogP contribution in [-0.4, -0.2) is 59.5 Å². The van der Waals surface area contributed by atoms with Gasteiger partial charge in [-0.25, -0.2) is 39.5 Å². The molecule has 1 saturated carbocycles. The number of carbonyl (C=O) groups is 2. The highest BCUT2D eigenvalue weighted by molar-refractivity contribution is 7.89. The summed E-state index contributed by atoms with van der Waals surface area (Å²) in [7, 11) is -3.84. The Morgan fingerprint density at radius 1 is 1.02 bits per heavy atom. The number of sulfonamides is 1. The Kier molecular flexibility index (Phi) is 9.47. The van der Waals surface area contributed by atoms with E-state index in [2.05, 4.69) is 10.3 Å². The second-order valence-electron chi connectivity index (χ2n) is 12.7. The van der Waals surface area contributed by atoms with Crippen molar-refractivity contribution in [1.82, 2.24) is 9.62 Å². The summed E-state index contributed by atoms with van der Waals surface area (Å²) in [6.45, 7) is 5.03. The molecule has 2 aromatic carbocycles. The first-order valence-electron chi connectivity index (χ1n) is 14.7. The lowest BCUT2D eigenvalue weighted by atomic mass is 9.85. The maximum Gasteiger partial charge on any atom is 0.335 e. The van der Waals surface area contributed by atoms with Crippen LogP contribution in [0, 0.1) is 40.9 Å². The van der Waals surface area contributed by atoms with Crippen molar-refractivity contribution >= 4 is 39.4 Å². The number of hydrogen-bond donors (Lipinski definition) is 2. The van der Waals surface area contributed by atoms with Crippen LogP contribution in [0.25, 0.3) is 0 Å². The fourth-order valence-corrected chi connectivity index (χ4v) is 8.34. The molecule has 47 heavy (non-hydrogen) atoms. The average molecular weight is 704 g/mol. The van der Waals surface area contributed by atoms with E-state index >= 15 is 0 Å². The maximum atomic E-state index is 14.9. The largest absolute Gasteiger partial charge is 0.478 e. The monoisotopic (exact) mass is 703 g/mol. The highest BCUT2D eigenvalue weighted by atomic mass is 35.5. The summed E-state index contributed by atoms with van der Waals surface area (Å²) in [5.74, 6) is -10.6. The molecule has 1 aliphatic carbocycles. The molecule has 2 heterocycles. The van der Waals surface area contributed by atoms with E-state index in [0.717, 1.165) is 6.07 Å².